The number of amidine groups is 1. The molecule has 0 amide bonds. The van der Waals surface area contributed by atoms with Gasteiger partial charge in [0, 0.05) is 12.1 Å². The lowest BCUT2D eigenvalue weighted by Gasteiger charge is -1.99. The normalized spacial score (nSPS) is 18.1. The van der Waals surface area contributed by atoms with Gasteiger partial charge in [0.05, 0.1) is 6.54 Å². The van der Waals surface area contributed by atoms with E-state index < -0.39 is 0 Å². The van der Waals surface area contributed by atoms with Crippen LogP contribution in [0.5, 0.6) is 0 Å². The highest BCUT2D eigenvalue weighted by atomic mass is 15.1. The van der Waals surface area contributed by atoms with Crippen molar-refractivity contribution in [3.8, 4) is 0 Å². The van der Waals surface area contributed by atoms with E-state index in [2.05, 4.69) is 16.9 Å². The molecule has 0 spiro atoms. The van der Waals surface area contributed by atoms with Crippen LogP contribution in [0.2, 0.25) is 0 Å². The summed E-state index contributed by atoms with van der Waals surface area (Å²) in [6.07, 6.45) is 3.82. The van der Waals surface area contributed by atoms with Gasteiger partial charge >= 0.3 is 0 Å². The van der Waals surface area contributed by atoms with Crippen molar-refractivity contribution in [2.45, 2.75) is 6.92 Å². The topological polar surface area (TPSA) is 24.4 Å². The van der Waals surface area contributed by atoms with Gasteiger partial charge in [0.15, 0.2) is 0 Å². The Balaban J connectivity index is 2.71. The summed E-state index contributed by atoms with van der Waals surface area (Å²) < 4.78 is 0. The van der Waals surface area contributed by atoms with Crippen LogP contribution in [0.3, 0.4) is 0 Å². The van der Waals surface area contributed by atoms with E-state index in [0.717, 1.165) is 24.5 Å². The van der Waals surface area contributed by atoms with Gasteiger partial charge in [-0.2, -0.15) is 0 Å². The van der Waals surface area contributed by atoms with Gasteiger partial charge in [0.1, 0.15) is 5.84 Å². The number of nitrogens with zero attached hydrogens (tertiary/aromatic N) is 1. The first-order valence-electron chi connectivity index (χ1n) is 3.46. The fraction of sp³-hybridized carbons (Fsp3) is 0.375. The first-order valence-corrected chi connectivity index (χ1v) is 3.46. The molecule has 1 N–H and O–H groups in total. The summed E-state index contributed by atoms with van der Waals surface area (Å²) in [7, 11) is 0. The van der Waals surface area contributed by atoms with E-state index in [1.165, 1.54) is 0 Å². The molecule has 2 heteroatoms. The van der Waals surface area contributed by atoms with Crippen molar-refractivity contribution < 1.29 is 0 Å². The third kappa shape index (κ3) is 1.26. The third-order valence-electron chi connectivity index (χ3n) is 1.48. The first-order chi connectivity index (χ1) is 4.88. The zero-order valence-electron chi connectivity index (χ0n) is 6.22. The molecule has 0 aromatic heterocycles. The van der Waals surface area contributed by atoms with Crippen LogP contribution in [0.15, 0.2) is 29.3 Å². The van der Waals surface area contributed by atoms with Gasteiger partial charge in [-0.25, -0.2) is 0 Å². The van der Waals surface area contributed by atoms with Crippen LogP contribution in [0.25, 0.3) is 0 Å². The maximum absolute atomic E-state index is 4.24. The lowest BCUT2D eigenvalue weighted by Crippen LogP contribution is -2.19. The van der Waals surface area contributed by atoms with Crippen LogP contribution in [-0.4, -0.2) is 18.9 Å². The van der Waals surface area contributed by atoms with Gasteiger partial charge in [-0.05, 0) is 6.92 Å². The lowest BCUT2D eigenvalue weighted by atomic mass is 10.2. The monoisotopic (exact) mass is 136 g/mol. The van der Waals surface area contributed by atoms with Gasteiger partial charge in [-0.1, -0.05) is 18.7 Å². The number of hydrogen-bond acceptors (Lipinski definition) is 2. The summed E-state index contributed by atoms with van der Waals surface area (Å²) in [5.41, 5.74) is 1.09. The van der Waals surface area contributed by atoms with Gasteiger partial charge < -0.3 is 5.32 Å². The molecular weight excluding hydrogens is 124 g/mol. The van der Waals surface area contributed by atoms with Crippen LogP contribution >= 0.6 is 0 Å². The summed E-state index contributed by atoms with van der Waals surface area (Å²) in [6, 6.07) is 0. The number of allylic oxidation sites excluding steroid dienone is 1. The van der Waals surface area contributed by atoms with Crippen LogP contribution in [0.1, 0.15) is 6.92 Å². The SMILES string of the molecule is C=C/C(=C\C)C1=NCCN1. The van der Waals surface area contributed by atoms with Crippen LogP contribution in [-0.2, 0) is 0 Å². The van der Waals surface area contributed by atoms with Crippen LogP contribution in [0.4, 0.5) is 0 Å². The lowest BCUT2D eigenvalue weighted by molar-refractivity contribution is 0.960. The summed E-state index contributed by atoms with van der Waals surface area (Å²) in [4.78, 5) is 4.24. The van der Waals surface area contributed by atoms with E-state index in [0.29, 0.717) is 0 Å². The van der Waals surface area contributed by atoms with Crippen molar-refractivity contribution in [2.75, 3.05) is 13.1 Å². The van der Waals surface area contributed by atoms with Crippen molar-refractivity contribution in [3.63, 3.8) is 0 Å². The Morgan fingerprint density at radius 2 is 2.60 bits per heavy atom. The number of nitrogens with one attached hydrogen (secondary N) is 1. The Kier molecular flexibility index (Phi) is 2.26. The molecule has 10 heavy (non-hydrogen) atoms. The zero-order chi connectivity index (χ0) is 7.40. The number of rotatable bonds is 2. The zero-order valence-corrected chi connectivity index (χ0v) is 6.22. The van der Waals surface area contributed by atoms with E-state index in [1.807, 2.05) is 19.1 Å². The molecule has 1 heterocycles. The van der Waals surface area contributed by atoms with Gasteiger partial charge in [-0.3, -0.25) is 4.99 Å². The van der Waals surface area contributed by atoms with Crippen LogP contribution in [0, 0.1) is 0 Å². The summed E-state index contributed by atoms with van der Waals surface area (Å²) in [5, 5.41) is 3.17. The Bertz CT molecular complexity index is 189. The Labute approximate surface area is 61.4 Å². The van der Waals surface area contributed by atoms with Crippen LogP contribution < -0.4 is 5.32 Å². The van der Waals surface area contributed by atoms with E-state index in [4.69, 9.17) is 0 Å². The molecule has 54 valence electrons. The smallest absolute Gasteiger partial charge is 0.128 e. The molecule has 0 aliphatic carbocycles. The van der Waals surface area contributed by atoms with E-state index in [9.17, 15) is 0 Å². The second kappa shape index (κ2) is 3.20. The molecule has 0 atom stereocenters. The molecule has 1 rings (SSSR count). The molecule has 0 saturated carbocycles. The van der Waals surface area contributed by atoms with Gasteiger partial charge in [-0.15, -0.1) is 0 Å². The summed E-state index contributed by atoms with van der Waals surface area (Å²) >= 11 is 0. The minimum Gasteiger partial charge on any atom is -0.368 e. The molecular formula is C8H12N2. The molecule has 0 unspecified atom stereocenters. The molecule has 1 aliphatic heterocycles. The Hall–Kier alpha value is -1.05. The molecule has 0 radical (unpaired) electrons. The predicted molar refractivity (Wildman–Crippen MR) is 44.3 cm³/mol. The second-order valence-electron chi connectivity index (χ2n) is 2.11. The highest BCUT2D eigenvalue weighted by Gasteiger charge is 2.05. The fourth-order valence-electron chi connectivity index (χ4n) is 0.943. The average molecular weight is 136 g/mol. The second-order valence-corrected chi connectivity index (χ2v) is 2.11. The van der Waals surface area contributed by atoms with Gasteiger partial charge in [0.2, 0.25) is 0 Å². The highest BCUT2D eigenvalue weighted by Crippen LogP contribution is 2.00. The van der Waals surface area contributed by atoms with E-state index >= 15 is 0 Å². The largest absolute Gasteiger partial charge is 0.368 e. The summed E-state index contributed by atoms with van der Waals surface area (Å²) in [6.45, 7) is 7.52. The Morgan fingerprint density at radius 1 is 1.80 bits per heavy atom. The molecule has 0 aromatic carbocycles. The van der Waals surface area contributed by atoms with Crippen molar-refractivity contribution in [1.29, 1.82) is 0 Å². The molecule has 2 nitrogen and oxygen atoms in total. The summed E-state index contributed by atoms with van der Waals surface area (Å²) in [5.74, 6) is 0.984. The van der Waals surface area contributed by atoms with E-state index in [1.54, 1.807) is 0 Å². The van der Waals surface area contributed by atoms with Crippen molar-refractivity contribution in [1.82, 2.24) is 5.32 Å². The molecule has 0 aromatic rings. The average Bonchev–Trinajstić information content (AvgIpc) is 2.43. The molecule has 1 aliphatic rings. The number of aliphatic imine (C=N–C) groups is 1. The minimum absolute atomic E-state index is 0.889. The van der Waals surface area contributed by atoms with Crippen molar-refractivity contribution in [2.24, 2.45) is 4.99 Å². The van der Waals surface area contributed by atoms with Crippen molar-refractivity contribution >= 4 is 5.84 Å². The fourth-order valence-corrected chi connectivity index (χ4v) is 0.943. The highest BCUT2D eigenvalue weighted by molar-refractivity contribution is 6.01. The first kappa shape index (κ1) is 7.06. The quantitative estimate of drug-likeness (QED) is 0.565. The molecule has 0 fully saturated rings. The predicted octanol–water partition coefficient (Wildman–Crippen LogP) is 1.12. The third-order valence-corrected chi connectivity index (χ3v) is 1.48. The van der Waals surface area contributed by atoms with E-state index in [-0.39, 0.29) is 0 Å². The molecule has 0 saturated heterocycles. The number of hydrogen-bond donors (Lipinski definition) is 1. The minimum atomic E-state index is 0.889. The standard InChI is InChI=1S/C8H12N2/c1-3-7(4-2)8-9-5-6-10-8/h3-4H,1,5-6H2,2H3,(H,9,10)/b7-4+. The Morgan fingerprint density at radius 3 is 3.00 bits per heavy atom. The van der Waals surface area contributed by atoms with Crippen molar-refractivity contribution in [3.05, 3.63) is 24.3 Å². The maximum atomic E-state index is 4.24. The molecule has 0 bridgehead atoms. The van der Waals surface area contributed by atoms with Gasteiger partial charge in [0.25, 0.3) is 0 Å². The maximum Gasteiger partial charge on any atom is 0.128 e.